The number of oxazole rings is 1. The molecular weight excluding hydrogens is 364 g/mol. The molecule has 2 aromatic heterocycles. The first-order chi connectivity index (χ1) is 14.1. The van der Waals surface area contributed by atoms with Gasteiger partial charge in [0.25, 0.3) is 0 Å². The second kappa shape index (κ2) is 10.4. The summed E-state index contributed by atoms with van der Waals surface area (Å²) >= 11 is 0. The predicted molar refractivity (Wildman–Crippen MR) is 118 cm³/mol. The van der Waals surface area contributed by atoms with Crippen LogP contribution in [0, 0.1) is 6.92 Å². The van der Waals surface area contributed by atoms with Crippen molar-refractivity contribution in [1.82, 2.24) is 9.97 Å². The van der Waals surface area contributed by atoms with Gasteiger partial charge in [0, 0.05) is 56.2 Å². The van der Waals surface area contributed by atoms with Gasteiger partial charge < -0.3 is 19.4 Å². The monoisotopic (exact) mass is 398 g/mol. The zero-order valence-corrected chi connectivity index (χ0v) is 18.2. The highest BCUT2D eigenvalue weighted by Gasteiger charge is 2.19. The van der Waals surface area contributed by atoms with Crippen LogP contribution in [0.2, 0.25) is 0 Å². The number of hydrogen-bond acceptors (Lipinski definition) is 6. The summed E-state index contributed by atoms with van der Waals surface area (Å²) in [7, 11) is 1.71. The van der Waals surface area contributed by atoms with Crippen LogP contribution < -0.4 is 10.2 Å². The molecule has 0 aromatic carbocycles. The van der Waals surface area contributed by atoms with Crippen LogP contribution in [0.1, 0.15) is 56.1 Å². The molecular formula is C23H34N4O2. The SMILES string of the molecule is CCc1oc(CCc2cc(N3C=CCCC3CC)cc(NCCOC)n2)nc1C. The van der Waals surface area contributed by atoms with Gasteiger partial charge in [-0.05, 0) is 38.7 Å². The molecule has 0 amide bonds. The molecule has 29 heavy (non-hydrogen) atoms. The normalized spacial score (nSPS) is 16.4. The average Bonchev–Trinajstić information content (AvgIpc) is 3.12. The lowest BCUT2D eigenvalue weighted by Gasteiger charge is -2.33. The Morgan fingerprint density at radius 3 is 2.83 bits per heavy atom. The lowest BCUT2D eigenvalue weighted by atomic mass is 10.0. The van der Waals surface area contributed by atoms with E-state index in [1.165, 1.54) is 12.1 Å². The van der Waals surface area contributed by atoms with Crippen molar-refractivity contribution in [2.45, 2.75) is 65.3 Å². The number of anilines is 2. The number of allylic oxidation sites excluding steroid dienone is 1. The van der Waals surface area contributed by atoms with E-state index in [0.717, 1.165) is 67.5 Å². The van der Waals surface area contributed by atoms with Crippen molar-refractivity contribution >= 4 is 11.5 Å². The molecule has 0 spiro atoms. The number of hydrogen-bond donors (Lipinski definition) is 1. The lowest BCUT2D eigenvalue weighted by Crippen LogP contribution is -2.32. The first-order valence-electron chi connectivity index (χ1n) is 10.8. The Morgan fingerprint density at radius 2 is 2.10 bits per heavy atom. The second-order valence-electron chi connectivity index (χ2n) is 7.52. The van der Waals surface area contributed by atoms with Crippen LogP contribution >= 0.6 is 0 Å². The van der Waals surface area contributed by atoms with Gasteiger partial charge in [-0.15, -0.1) is 0 Å². The Labute approximate surface area is 174 Å². The quantitative estimate of drug-likeness (QED) is 0.587. The minimum absolute atomic E-state index is 0.531. The number of rotatable bonds is 10. The van der Waals surface area contributed by atoms with Gasteiger partial charge in [0.05, 0.1) is 12.3 Å². The molecule has 3 rings (SSSR count). The first-order valence-corrected chi connectivity index (χ1v) is 10.8. The molecule has 1 atom stereocenters. The maximum Gasteiger partial charge on any atom is 0.195 e. The van der Waals surface area contributed by atoms with Gasteiger partial charge in [-0.3, -0.25) is 0 Å². The average molecular weight is 399 g/mol. The molecule has 0 radical (unpaired) electrons. The topological polar surface area (TPSA) is 63.4 Å². The fraction of sp³-hybridized carbons (Fsp3) is 0.565. The van der Waals surface area contributed by atoms with Crippen molar-refractivity contribution in [3.05, 3.63) is 47.4 Å². The molecule has 0 aliphatic carbocycles. The molecule has 0 saturated carbocycles. The predicted octanol–water partition coefficient (Wildman–Crippen LogP) is 4.68. The maximum atomic E-state index is 5.88. The molecule has 0 bridgehead atoms. The van der Waals surface area contributed by atoms with E-state index < -0.39 is 0 Å². The number of aromatic nitrogens is 2. The maximum absolute atomic E-state index is 5.88. The third-order valence-corrected chi connectivity index (χ3v) is 5.42. The van der Waals surface area contributed by atoms with Crippen molar-refractivity contribution in [1.29, 1.82) is 0 Å². The van der Waals surface area contributed by atoms with E-state index in [2.05, 4.69) is 53.5 Å². The lowest BCUT2D eigenvalue weighted by molar-refractivity contribution is 0.210. The standard InChI is InChI=1S/C23H34N4O2/c1-5-19-9-7-8-13-27(19)20-15-18(26-22(16-20)24-12-14-28-4)10-11-23-25-17(3)21(6-2)29-23/h8,13,15-16,19H,5-7,9-12,14H2,1-4H3,(H,24,26). The summed E-state index contributed by atoms with van der Waals surface area (Å²) in [6, 6.07) is 4.88. The van der Waals surface area contributed by atoms with Gasteiger partial charge in [-0.1, -0.05) is 19.9 Å². The Balaban J connectivity index is 1.81. The van der Waals surface area contributed by atoms with E-state index in [-0.39, 0.29) is 0 Å². The number of aryl methyl sites for hydroxylation is 4. The van der Waals surface area contributed by atoms with Crippen LogP contribution in [0.5, 0.6) is 0 Å². The van der Waals surface area contributed by atoms with Gasteiger partial charge in [-0.25, -0.2) is 9.97 Å². The summed E-state index contributed by atoms with van der Waals surface area (Å²) in [5, 5.41) is 3.39. The van der Waals surface area contributed by atoms with Gasteiger partial charge in [0.2, 0.25) is 0 Å². The van der Waals surface area contributed by atoms with Crippen LogP contribution in [-0.4, -0.2) is 36.3 Å². The third kappa shape index (κ3) is 5.60. The molecule has 158 valence electrons. The highest BCUT2D eigenvalue weighted by molar-refractivity contribution is 5.58. The minimum Gasteiger partial charge on any atom is -0.445 e. The smallest absolute Gasteiger partial charge is 0.195 e. The summed E-state index contributed by atoms with van der Waals surface area (Å²) in [5.41, 5.74) is 3.23. The highest BCUT2D eigenvalue weighted by Crippen LogP contribution is 2.28. The Bertz CT molecular complexity index is 815. The fourth-order valence-electron chi connectivity index (χ4n) is 3.81. The molecule has 2 aromatic rings. The van der Waals surface area contributed by atoms with Gasteiger partial charge in [0.1, 0.15) is 11.6 Å². The number of nitrogens with one attached hydrogen (secondary N) is 1. The number of nitrogens with zero attached hydrogens (tertiary/aromatic N) is 3. The molecule has 6 nitrogen and oxygen atoms in total. The zero-order chi connectivity index (χ0) is 20.6. The van der Waals surface area contributed by atoms with Crippen molar-refractivity contribution < 1.29 is 9.15 Å². The van der Waals surface area contributed by atoms with Crippen LogP contribution in [0.15, 0.2) is 28.8 Å². The zero-order valence-electron chi connectivity index (χ0n) is 18.2. The molecule has 0 saturated heterocycles. The summed E-state index contributed by atoms with van der Waals surface area (Å²) in [5.74, 6) is 2.67. The second-order valence-corrected chi connectivity index (χ2v) is 7.52. The van der Waals surface area contributed by atoms with E-state index in [0.29, 0.717) is 12.6 Å². The number of methoxy groups -OCH3 is 1. The van der Waals surface area contributed by atoms with E-state index >= 15 is 0 Å². The molecule has 1 N–H and O–H groups in total. The van der Waals surface area contributed by atoms with E-state index in [1.54, 1.807) is 7.11 Å². The van der Waals surface area contributed by atoms with Gasteiger partial charge in [0.15, 0.2) is 5.89 Å². The summed E-state index contributed by atoms with van der Waals surface area (Å²) in [6.45, 7) is 7.75. The molecule has 6 heteroatoms. The van der Waals surface area contributed by atoms with Crippen LogP contribution in [0.4, 0.5) is 11.5 Å². The molecule has 1 aliphatic heterocycles. The fourth-order valence-corrected chi connectivity index (χ4v) is 3.81. The van der Waals surface area contributed by atoms with Gasteiger partial charge in [-0.2, -0.15) is 0 Å². The van der Waals surface area contributed by atoms with Crippen LogP contribution in [-0.2, 0) is 24.0 Å². The van der Waals surface area contributed by atoms with Crippen LogP contribution in [0.25, 0.3) is 0 Å². The van der Waals surface area contributed by atoms with E-state index in [9.17, 15) is 0 Å². The van der Waals surface area contributed by atoms with E-state index in [1.807, 2.05) is 6.92 Å². The molecule has 1 aliphatic rings. The largest absolute Gasteiger partial charge is 0.445 e. The highest BCUT2D eigenvalue weighted by atomic mass is 16.5. The minimum atomic E-state index is 0.531. The first kappa shape index (κ1) is 21.4. The summed E-state index contributed by atoms with van der Waals surface area (Å²) < 4.78 is 11.1. The van der Waals surface area contributed by atoms with Crippen molar-refractivity contribution in [2.24, 2.45) is 0 Å². The van der Waals surface area contributed by atoms with Crippen molar-refractivity contribution in [2.75, 3.05) is 30.5 Å². The Hall–Kier alpha value is -2.34. The van der Waals surface area contributed by atoms with Crippen LogP contribution in [0.3, 0.4) is 0 Å². The number of pyridine rings is 1. The Morgan fingerprint density at radius 1 is 1.24 bits per heavy atom. The molecule has 0 fully saturated rings. The number of ether oxygens (including phenoxy) is 1. The summed E-state index contributed by atoms with van der Waals surface area (Å²) in [6.07, 6.45) is 10.4. The summed E-state index contributed by atoms with van der Waals surface area (Å²) in [4.78, 5) is 11.8. The van der Waals surface area contributed by atoms with Crippen molar-refractivity contribution in [3.63, 3.8) is 0 Å². The third-order valence-electron chi connectivity index (χ3n) is 5.42. The molecule has 1 unspecified atom stereocenters. The van der Waals surface area contributed by atoms with Crippen molar-refractivity contribution in [3.8, 4) is 0 Å². The van der Waals surface area contributed by atoms with E-state index in [4.69, 9.17) is 14.1 Å². The van der Waals surface area contributed by atoms with Gasteiger partial charge >= 0.3 is 0 Å². The Kier molecular flexibility index (Phi) is 7.69. The molecule has 3 heterocycles.